The van der Waals surface area contributed by atoms with Crippen molar-refractivity contribution in [2.24, 2.45) is 0 Å². The molecular weight excluding hydrogens is 434 g/mol. The first-order valence-corrected chi connectivity index (χ1v) is 13.1. The maximum absolute atomic E-state index is 12.8. The van der Waals surface area contributed by atoms with Gasteiger partial charge in [-0.25, -0.2) is 8.42 Å². The predicted molar refractivity (Wildman–Crippen MR) is 133 cm³/mol. The number of hydrogen-bond acceptors (Lipinski definition) is 4. The number of sulfonamides is 1. The molecule has 2 aromatic rings. The minimum Gasteiger partial charge on any atom is -0.338 e. The smallest absolute Gasteiger partial charge is 0.246 e. The third-order valence-electron chi connectivity index (χ3n) is 6.20. The summed E-state index contributed by atoms with van der Waals surface area (Å²) in [7, 11) is -3.47. The normalized spacial score (nSPS) is 15.8. The van der Waals surface area contributed by atoms with Crippen molar-refractivity contribution in [1.29, 1.82) is 0 Å². The Balaban J connectivity index is 1.57. The molecular formula is C26H35N3O3S. The summed E-state index contributed by atoms with van der Waals surface area (Å²) < 4.78 is 26.7. The van der Waals surface area contributed by atoms with Gasteiger partial charge in [-0.15, -0.1) is 0 Å². The molecule has 1 fully saturated rings. The molecule has 6 nitrogen and oxygen atoms in total. The summed E-state index contributed by atoms with van der Waals surface area (Å²) >= 11 is 0. The summed E-state index contributed by atoms with van der Waals surface area (Å²) in [6.45, 7) is 10.9. The Morgan fingerprint density at radius 2 is 1.67 bits per heavy atom. The number of hydrogen-bond donors (Lipinski definition) is 0. The van der Waals surface area contributed by atoms with E-state index in [2.05, 4.69) is 36.1 Å². The highest BCUT2D eigenvalue weighted by atomic mass is 32.2. The molecule has 1 aliphatic rings. The lowest BCUT2D eigenvalue weighted by atomic mass is 10.1. The maximum atomic E-state index is 12.8. The van der Waals surface area contributed by atoms with Gasteiger partial charge in [0.05, 0.1) is 4.90 Å². The number of aryl methyl sites for hydroxylation is 1. The fourth-order valence-electron chi connectivity index (χ4n) is 4.11. The van der Waals surface area contributed by atoms with Gasteiger partial charge in [0.15, 0.2) is 0 Å². The zero-order valence-corrected chi connectivity index (χ0v) is 20.7. The number of nitrogens with zero attached hydrogens (tertiary/aromatic N) is 3. The molecule has 0 spiro atoms. The minimum atomic E-state index is -3.47. The van der Waals surface area contributed by atoms with Crippen molar-refractivity contribution in [3.63, 3.8) is 0 Å². The molecule has 1 saturated heterocycles. The zero-order chi connectivity index (χ0) is 23.8. The summed E-state index contributed by atoms with van der Waals surface area (Å²) in [5.41, 5.74) is 3.44. The van der Waals surface area contributed by atoms with Crippen LogP contribution in [0.5, 0.6) is 0 Å². The largest absolute Gasteiger partial charge is 0.338 e. The highest BCUT2D eigenvalue weighted by molar-refractivity contribution is 7.89. The van der Waals surface area contributed by atoms with Crippen LogP contribution in [0.15, 0.2) is 59.5 Å². The average Bonchev–Trinajstić information content (AvgIpc) is 3.05. The maximum Gasteiger partial charge on any atom is 0.246 e. The van der Waals surface area contributed by atoms with Gasteiger partial charge in [-0.3, -0.25) is 9.69 Å². The number of rotatable bonds is 8. The molecule has 1 heterocycles. The van der Waals surface area contributed by atoms with E-state index in [0.717, 1.165) is 38.2 Å². The van der Waals surface area contributed by atoms with Gasteiger partial charge in [0, 0.05) is 51.9 Å². The average molecular weight is 470 g/mol. The van der Waals surface area contributed by atoms with Crippen LogP contribution in [0.1, 0.15) is 37.0 Å². The molecule has 0 atom stereocenters. The van der Waals surface area contributed by atoms with Gasteiger partial charge in [-0.2, -0.15) is 4.31 Å². The topological polar surface area (TPSA) is 60.9 Å². The number of amides is 1. The molecule has 1 amide bonds. The first-order chi connectivity index (χ1) is 15.8. The van der Waals surface area contributed by atoms with Gasteiger partial charge >= 0.3 is 0 Å². The van der Waals surface area contributed by atoms with Crippen LogP contribution in [0.3, 0.4) is 0 Å². The van der Waals surface area contributed by atoms with Crippen molar-refractivity contribution in [2.75, 3.05) is 39.3 Å². The molecule has 3 rings (SSSR count). The van der Waals surface area contributed by atoms with Crippen LogP contribution >= 0.6 is 0 Å². The van der Waals surface area contributed by atoms with Crippen molar-refractivity contribution in [3.05, 3.63) is 71.3 Å². The quantitative estimate of drug-likeness (QED) is 0.552. The van der Waals surface area contributed by atoms with Crippen LogP contribution in [0.2, 0.25) is 0 Å². The van der Waals surface area contributed by atoms with Gasteiger partial charge in [-0.1, -0.05) is 50.2 Å². The molecule has 7 heteroatoms. The van der Waals surface area contributed by atoms with E-state index in [-0.39, 0.29) is 10.8 Å². The Hall–Kier alpha value is -2.48. The summed E-state index contributed by atoms with van der Waals surface area (Å²) in [6.07, 6.45) is 4.29. The molecule has 1 aliphatic heterocycles. The van der Waals surface area contributed by atoms with Crippen molar-refractivity contribution >= 4 is 22.0 Å². The third kappa shape index (κ3) is 6.53. The standard InChI is InChI=1S/C26H35N3O3S/c1-4-29(5-2)33(31,32)25-14-11-23(12-15-25)13-16-26(30)28-18-8-17-27(19-20-28)21-24-10-7-6-9-22(24)3/h6-7,9-16H,4-5,8,17-21H2,1-3H3/b16-13+. The first-order valence-electron chi connectivity index (χ1n) is 11.7. The lowest BCUT2D eigenvalue weighted by Crippen LogP contribution is -2.34. The van der Waals surface area contributed by atoms with Gasteiger partial charge in [0.25, 0.3) is 0 Å². The van der Waals surface area contributed by atoms with E-state index in [4.69, 9.17) is 0 Å². The van der Waals surface area contributed by atoms with Crippen LogP contribution in [0.25, 0.3) is 6.08 Å². The van der Waals surface area contributed by atoms with Crippen molar-refractivity contribution in [3.8, 4) is 0 Å². The molecule has 0 aromatic heterocycles. The van der Waals surface area contributed by atoms with Crippen LogP contribution < -0.4 is 0 Å². The second-order valence-corrected chi connectivity index (χ2v) is 10.3. The molecule has 0 bridgehead atoms. The second kappa shape index (κ2) is 11.6. The summed E-state index contributed by atoms with van der Waals surface area (Å²) in [5, 5.41) is 0. The summed E-state index contributed by atoms with van der Waals surface area (Å²) in [6, 6.07) is 15.1. The Bertz CT molecular complexity index is 1060. The molecule has 0 radical (unpaired) electrons. The van der Waals surface area contributed by atoms with Crippen LogP contribution in [0.4, 0.5) is 0 Å². The lowest BCUT2D eigenvalue weighted by Gasteiger charge is -2.22. The lowest BCUT2D eigenvalue weighted by molar-refractivity contribution is -0.125. The van der Waals surface area contributed by atoms with Gasteiger partial charge in [0.2, 0.25) is 15.9 Å². The van der Waals surface area contributed by atoms with E-state index in [1.54, 1.807) is 36.4 Å². The Kier molecular flexibility index (Phi) is 8.83. The Labute approximate surface area is 198 Å². The molecule has 0 aliphatic carbocycles. The third-order valence-corrected chi connectivity index (χ3v) is 8.26. The van der Waals surface area contributed by atoms with Crippen LogP contribution in [-0.4, -0.2) is 67.7 Å². The molecule has 33 heavy (non-hydrogen) atoms. The Morgan fingerprint density at radius 1 is 0.970 bits per heavy atom. The van der Waals surface area contributed by atoms with Gasteiger partial charge in [-0.05, 0) is 48.2 Å². The van der Waals surface area contributed by atoms with E-state index < -0.39 is 10.0 Å². The number of carbonyl (C=O) groups excluding carboxylic acids is 1. The fraction of sp³-hybridized carbons (Fsp3) is 0.423. The van der Waals surface area contributed by atoms with Crippen molar-refractivity contribution in [1.82, 2.24) is 14.1 Å². The monoisotopic (exact) mass is 469 g/mol. The number of benzene rings is 2. The van der Waals surface area contributed by atoms with Crippen LogP contribution in [-0.2, 0) is 21.4 Å². The highest BCUT2D eigenvalue weighted by Crippen LogP contribution is 2.17. The van der Waals surface area contributed by atoms with E-state index in [1.807, 2.05) is 18.7 Å². The predicted octanol–water partition coefficient (Wildman–Crippen LogP) is 3.77. The Morgan fingerprint density at radius 3 is 2.33 bits per heavy atom. The fourth-order valence-corrected chi connectivity index (χ4v) is 5.57. The summed E-state index contributed by atoms with van der Waals surface area (Å²) in [5.74, 6) is -0.00687. The van der Waals surface area contributed by atoms with Crippen molar-refractivity contribution in [2.45, 2.75) is 38.6 Å². The molecule has 2 aromatic carbocycles. The zero-order valence-electron chi connectivity index (χ0n) is 19.9. The minimum absolute atomic E-state index is 0.00687. The molecule has 178 valence electrons. The van der Waals surface area contributed by atoms with E-state index in [1.165, 1.54) is 15.4 Å². The van der Waals surface area contributed by atoms with E-state index >= 15 is 0 Å². The molecule has 0 saturated carbocycles. The number of carbonyl (C=O) groups is 1. The molecule has 0 N–H and O–H groups in total. The molecule has 0 unspecified atom stereocenters. The van der Waals surface area contributed by atoms with E-state index in [0.29, 0.717) is 19.6 Å². The summed E-state index contributed by atoms with van der Waals surface area (Å²) in [4.78, 5) is 17.3. The van der Waals surface area contributed by atoms with Crippen LogP contribution in [0, 0.1) is 6.92 Å². The van der Waals surface area contributed by atoms with E-state index in [9.17, 15) is 13.2 Å². The second-order valence-electron chi connectivity index (χ2n) is 8.37. The van der Waals surface area contributed by atoms with Gasteiger partial charge in [0.1, 0.15) is 0 Å². The highest BCUT2D eigenvalue weighted by Gasteiger charge is 2.21. The van der Waals surface area contributed by atoms with Gasteiger partial charge < -0.3 is 4.90 Å². The SMILES string of the molecule is CCN(CC)S(=O)(=O)c1ccc(/C=C/C(=O)N2CCCN(Cc3ccccc3C)CC2)cc1. The first kappa shape index (κ1) is 25.1. The van der Waals surface area contributed by atoms with Crippen molar-refractivity contribution < 1.29 is 13.2 Å².